The summed E-state index contributed by atoms with van der Waals surface area (Å²) in [5.41, 5.74) is 1.24. The molecule has 0 spiro atoms. The number of carbonyl (C=O) groups excluding carboxylic acids is 1. The molecule has 0 fully saturated rings. The molecule has 0 aliphatic rings. The summed E-state index contributed by atoms with van der Waals surface area (Å²) in [6.45, 7) is 1.81. The lowest BCUT2D eigenvalue weighted by molar-refractivity contribution is -0.384. The quantitative estimate of drug-likeness (QED) is 0.367. The lowest BCUT2D eigenvalue weighted by atomic mass is 10.1. The predicted octanol–water partition coefficient (Wildman–Crippen LogP) is 3.73. The van der Waals surface area contributed by atoms with E-state index in [2.05, 4.69) is 4.98 Å². The van der Waals surface area contributed by atoms with Crippen molar-refractivity contribution in [1.29, 1.82) is 0 Å². The maximum atomic E-state index is 11.9. The van der Waals surface area contributed by atoms with E-state index in [1.165, 1.54) is 36.7 Å². The van der Waals surface area contributed by atoms with Crippen molar-refractivity contribution >= 4 is 46.2 Å². The molecular weight excluding hydrogens is 328 g/mol. The third kappa shape index (κ3) is 3.49. The van der Waals surface area contributed by atoms with E-state index >= 15 is 0 Å². The Bertz CT molecular complexity index is 770. The van der Waals surface area contributed by atoms with Crippen molar-refractivity contribution in [2.24, 2.45) is 0 Å². The second-order valence-corrected chi connectivity index (χ2v) is 5.58. The second-order valence-electron chi connectivity index (χ2n) is 4.31. The number of thiazole rings is 1. The van der Waals surface area contributed by atoms with Gasteiger partial charge in [0.1, 0.15) is 10.0 Å². The first-order valence-electron chi connectivity index (χ1n) is 6.09. The fourth-order valence-corrected chi connectivity index (χ4v) is 2.71. The Kier molecular flexibility index (Phi) is 4.89. The first kappa shape index (κ1) is 16.1. The molecule has 8 heteroatoms. The van der Waals surface area contributed by atoms with Crippen LogP contribution in [0.4, 0.5) is 5.69 Å². The SMILES string of the molecule is COC(=O)/C(=C\c1ccc(Cl)c([N+](=O)[O-])c1)c1nc(C)cs1. The molecule has 1 aromatic carbocycles. The van der Waals surface area contributed by atoms with E-state index in [0.717, 1.165) is 5.69 Å². The fraction of sp³-hybridized carbons (Fsp3) is 0.143. The minimum atomic E-state index is -0.578. The highest BCUT2D eigenvalue weighted by Gasteiger charge is 2.18. The van der Waals surface area contributed by atoms with Crippen LogP contribution in [0.3, 0.4) is 0 Å². The van der Waals surface area contributed by atoms with Gasteiger partial charge in [-0.15, -0.1) is 11.3 Å². The average Bonchev–Trinajstić information content (AvgIpc) is 2.91. The number of nitrogens with zero attached hydrogens (tertiary/aromatic N) is 2. The molecule has 2 aromatic rings. The van der Waals surface area contributed by atoms with Crippen LogP contribution in [0.25, 0.3) is 11.6 Å². The summed E-state index contributed by atoms with van der Waals surface area (Å²) in [7, 11) is 1.26. The molecule has 1 heterocycles. The van der Waals surface area contributed by atoms with E-state index in [1.54, 1.807) is 11.4 Å². The highest BCUT2D eigenvalue weighted by Crippen LogP contribution is 2.28. The molecular formula is C14H11ClN2O4S. The van der Waals surface area contributed by atoms with Gasteiger partial charge in [-0.1, -0.05) is 17.7 Å². The first-order chi connectivity index (χ1) is 10.4. The van der Waals surface area contributed by atoms with Crippen LogP contribution in [0.15, 0.2) is 23.6 Å². The number of rotatable bonds is 4. The van der Waals surface area contributed by atoms with Gasteiger partial charge in [0.05, 0.1) is 17.6 Å². The molecule has 0 N–H and O–H groups in total. The van der Waals surface area contributed by atoms with Gasteiger partial charge >= 0.3 is 5.97 Å². The van der Waals surface area contributed by atoms with Gasteiger partial charge in [-0.25, -0.2) is 9.78 Å². The number of methoxy groups -OCH3 is 1. The lowest BCUT2D eigenvalue weighted by Crippen LogP contribution is -2.03. The number of hydrogen-bond acceptors (Lipinski definition) is 6. The van der Waals surface area contributed by atoms with E-state index in [-0.39, 0.29) is 16.3 Å². The Labute approximate surface area is 135 Å². The Hall–Kier alpha value is -2.25. The Balaban J connectivity index is 2.52. The van der Waals surface area contributed by atoms with Gasteiger partial charge in [0.15, 0.2) is 0 Å². The van der Waals surface area contributed by atoms with E-state index < -0.39 is 10.9 Å². The minimum Gasteiger partial charge on any atom is -0.465 e. The molecule has 6 nitrogen and oxygen atoms in total. The van der Waals surface area contributed by atoms with Crippen LogP contribution in [0.5, 0.6) is 0 Å². The van der Waals surface area contributed by atoms with Gasteiger partial charge in [0, 0.05) is 17.1 Å². The number of hydrogen-bond donors (Lipinski definition) is 0. The number of aromatic nitrogens is 1. The number of ether oxygens (including phenoxy) is 1. The molecule has 2 rings (SSSR count). The van der Waals surface area contributed by atoms with E-state index in [1.807, 2.05) is 6.92 Å². The maximum Gasteiger partial charge on any atom is 0.340 e. The van der Waals surface area contributed by atoms with E-state index in [0.29, 0.717) is 10.6 Å². The number of halogens is 1. The number of benzene rings is 1. The zero-order valence-corrected chi connectivity index (χ0v) is 13.3. The predicted molar refractivity (Wildman–Crippen MR) is 84.8 cm³/mol. The van der Waals surface area contributed by atoms with Gasteiger partial charge in [-0.2, -0.15) is 0 Å². The van der Waals surface area contributed by atoms with Crippen LogP contribution in [0.1, 0.15) is 16.3 Å². The standard InChI is InChI=1S/C14H11ClN2O4S/c1-8-7-22-13(16-8)10(14(18)21-2)5-9-3-4-11(15)12(6-9)17(19)20/h3-7H,1-2H3/b10-5-. The first-order valence-corrected chi connectivity index (χ1v) is 7.34. The Morgan fingerprint density at radius 1 is 1.50 bits per heavy atom. The Morgan fingerprint density at radius 3 is 2.77 bits per heavy atom. The summed E-state index contributed by atoms with van der Waals surface area (Å²) in [5.74, 6) is -0.563. The van der Waals surface area contributed by atoms with Crippen molar-refractivity contribution in [3.8, 4) is 0 Å². The van der Waals surface area contributed by atoms with Gasteiger partial charge in [0.2, 0.25) is 0 Å². The molecule has 1 aromatic heterocycles. The van der Waals surface area contributed by atoms with Gasteiger partial charge in [-0.05, 0) is 24.6 Å². The molecule has 0 unspecified atom stereocenters. The van der Waals surface area contributed by atoms with Crippen LogP contribution in [-0.2, 0) is 9.53 Å². The van der Waals surface area contributed by atoms with E-state index in [4.69, 9.17) is 16.3 Å². The smallest absolute Gasteiger partial charge is 0.340 e. The summed E-state index contributed by atoms with van der Waals surface area (Å²) >= 11 is 7.07. The summed E-state index contributed by atoms with van der Waals surface area (Å²) in [5, 5.41) is 13.2. The third-order valence-corrected chi connectivity index (χ3v) is 4.05. The number of carbonyl (C=O) groups is 1. The molecule has 114 valence electrons. The number of esters is 1. The minimum absolute atomic E-state index is 0.0341. The van der Waals surface area contributed by atoms with Crippen molar-refractivity contribution in [3.05, 3.63) is 55.0 Å². The van der Waals surface area contributed by atoms with Gasteiger partial charge < -0.3 is 4.74 Å². The van der Waals surface area contributed by atoms with E-state index in [9.17, 15) is 14.9 Å². The summed E-state index contributed by atoms with van der Waals surface area (Å²) < 4.78 is 4.75. The molecule has 22 heavy (non-hydrogen) atoms. The molecule has 0 saturated heterocycles. The molecule has 0 radical (unpaired) electrons. The monoisotopic (exact) mass is 338 g/mol. The van der Waals surface area contributed by atoms with Gasteiger partial charge in [0.25, 0.3) is 5.69 Å². The largest absolute Gasteiger partial charge is 0.465 e. The van der Waals surface area contributed by atoms with Crippen LogP contribution in [0.2, 0.25) is 5.02 Å². The molecule has 0 saturated carbocycles. The normalized spacial score (nSPS) is 11.3. The number of nitro groups is 1. The summed E-state index contributed by atoms with van der Waals surface area (Å²) in [4.78, 5) is 26.5. The molecule has 0 atom stereocenters. The number of aryl methyl sites for hydroxylation is 1. The number of nitro benzene ring substituents is 1. The topological polar surface area (TPSA) is 82.3 Å². The van der Waals surface area contributed by atoms with Crippen molar-refractivity contribution in [1.82, 2.24) is 4.98 Å². The molecule has 0 bridgehead atoms. The van der Waals surface area contributed by atoms with Crippen molar-refractivity contribution < 1.29 is 14.5 Å². The zero-order valence-electron chi connectivity index (χ0n) is 11.7. The average molecular weight is 339 g/mol. The summed E-state index contributed by atoms with van der Waals surface area (Å²) in [6.07, 6.45) is 1.49. The van der Waals surface area contributed by atoms with Crippen molar-refractivity contribution in [2.45, 2.75) is 6.92 Å². The molecule has 0 aliphatic carbocycles. The van der Waals surface area contributed by atoms with Crippen molar-refractivity contribution in [2.75, 3.05) is 7.11 Å². The third-order valence-electron chi connectivity index (χ3n) is 2.73. The highest BCUT2D eigenvalue weighted by atomic mass is 35.5. The van der Waals surface area contributed by atoms with Gasteiger partial charge in [-0.3, -0.25) is 10.1 Å². The Morgan fingerprint density at radius 2 is 2.23 bits per heavy atom. The van der Waals surface area contributed by atoms with Crippen LogP contribution < -0.4 is 0 Å². The highest BCUT2D eigenvalue weighted by molar-refractivity contribution is 7.11. The lowest BCUT2D eigenvalue weighted by Gasteiger charge is -2.03. The van der Waals surface area contributed by atoms with Crippen LogP contribution in [0, 0.1) is 17.0 Å². The molecule has 0 aliphatic heterocycles. The van der Waals surface area contributed by atoms with Crippen LogP contribution in [-0.4, -0.2) is 23.0 Å². The maximum absolute atomic E-state index is 11.9. The second kappa shape index (κ2) is 6.67. The molecule has 0 amide bonds. The van der Waals surface area contributed by atoms with Crippen LogP contribution >= 0.6 is 22.9 Å². The van der Waals surface area contributed by atoms with Crippen molar-refractivity contribution in [3.63, 3.8) is 0 Å². The fourth-order valence-electron chi connectivity index (χ4n) is 1.72. The summed E-state index contributed by atoms with van der Waals surface area (Å²) in [6, 6.07) is 4.29. The zero-order chi connectivity index (χ0) is 16.3.